The van der Waals surface area contributed by atoms with Crippen molar-refractivity contribution in [1.29, 1.82) is 0 Å². The van der Waals surface area contributed by atoms with Crippen molar-refractivity contribution in [1.82, 2.24) is 5.32 Å². The van der Waals surface area contributed by atoms with E-state index >= 15 is 0 Å². The maximum Gasteiger partial charge on any atom is 0.133 e. The standard InChI is InChI=1S/C16H26BrNO2/c1-6-8-11(3)16(18-7-2)12-9-15(20-5)13(17)10-14(12)19-4/h9-11,16,18H,6-8H2,1-5H3. The van der Waals surface area contributed by atoms with Crippen LogP contribution in [0.2, 0.25) is 0 Å². The summed E-state index contributed by atoms with van der Waals surface area (Å²) in [6.07, 6.45) is 2.36. The minimum absolute atomic E-state index is 0.275. The van der Waals surface area contributed by atoms with Gasteiger partial charge in [-0.15, -0.1) is 0 Å². The summed E-state index contributed by atoms with van der Waals surface area (Å²) in [4.78, 5) is 0. The molecule has 0 spiro atoms. The SMILES string of the molecule is CCCC(C)C(NCC)c1cc(OC)c(Br)cc1OC. The molecule has 0 aromatic heterocycles. The molecule has 0 heterocycles. The molecular weight excluding hydrogens is 318 g/mol. The highest BCUT2D eigenvalue weighted by atomic mass is 79.9. The lowest BCUT2D eigenvalue weighted by molar-refractivity contribution is 0.342. The first kappa shape index (κ1) is 17.3. The van der Waals surface area contributed by atoms with E-state index in [-0.39, 0.29) is 6.04 Å². The highest BCUT2D eigenvalue weighted by Crippen LogP contribution is 2.38. The molecule has 0 aliphatic heterocycles. The third-order valence-corrected chi connectivity index (χ3v) is 4.20. The number of hydrogen-bond donors (Lipinski definition) is 1. The van der Waals surface area contributed by atoms with E-state index < -0.39 is 0 Å². The number of methoxy groups -OCH3 is 2. The van der Waals surface area contributed by atoms with Crippen molar-refractivity contribution < 1.29 is 9.47 Å². The summed E-state index contributed by atoms with van der Waals surface area (Å²) in [5.74, 6) is 2.28. The zero-order valence-corrected chi connectivity index (χ0v) is 14.7. The lowest BCUT2D eigenvalue weighted by Crippen LogP contribution is -2.27. The molecule has 0 fully saturated rings. The molecule has 0 amide bonds. The summed E-state index contributed by atoms with van der Waals surface area (Å²) < 4.78 is 11.9. The highest BCUT2D eigenvalue weighted by Gasteiger charge is 2.23. The van der Waals surface area contributed by atoms with Gasteiger partial charge in [-0.3, -0.25) is 0 Å². The lowest BCUT2D eigenvalue weighted by atomic mass is 9.90. The van der Waals surface area contributed by atoms with Crippen LogP contribution >= 0.6 is 15.9 Å². The van der Waals surface area contributed by atoms with Gasteiger partial charge in [-0.25, -0.2) is 0 Å². The van der Waals surface area contributed by atoms with Gasteiger partial charge in [-0.2, -0.15) is 0 Å². The molecule has 1 aromatic rings. The molecular formula is C16H26BrNO2. The Hall–Kier alpha value is -0.740. The molecule has 20 heavy (non-hydrogen) atoms. The molecule has 0 aliphatic carbocycles. The fourth-order valence-corrected chi connectivity index (χ4v) is 3.07. The van der Waals surface area contributed by atoms with Gasteiger partial charge in [0.15, 0.2) is 0 Å². The van der Waals surface area contributed by atoms with Crippen LogP contribution in [0.3, 0.4) is 0 Å². The molecule has 1 N–H and O–H groups in total. The Labute approximate surface area is 131 Å². The molecule has 0 bridgehead atoms. The monoisotopic (exact) mass is 343 g/mol. The average Bonchev–Trinajstić information content (AvgIpc) is 2.45. The van der Waals surface area contributed by atoms with Crippen LogP contribution in [0, 0.1) is 5.92 Å². The Morgan fingerprint density at radius 2 is 1.80 bits per heavy atom. The Kier molecular flexibility index (Phi) is 7.38. The third kappa shape index (κ3) is 4.13. The van der Waals surface area contributed by atoms with Gasteiger partial charge in [0, 0.05) is 11.6 Å². The first-order valence-corrected chi connectivity index (χ1v) is 8.03. The first-order valence-electron chi connectivity index (χ1n) is 7.23. The first-order chi connectivity index (χ1) is 9.58. The van der Waals surface area contributed by atoms with E-state index in [2.05, 4.69) is 48.1 Å². The molecule has 0 radical (unpaired) electrons. The number of halogens is 1. The number of benzene rings is 1. The molecule has 0 saturated heterocycles. The molecule has 1 rings (SSSR count). The summed E-state index contributed by atoms with van der Waals surface area (Å²) in [6.45, 7) is 7.57. The number of ether oxygens (including phenoxy) is 2. The zero-order chi connectivity index (χ0) is 15.1. The van der Waals surface area contributed by atoms with Crippen molar-refractivity contribution in [2.24, 2.45) is 5.92 Å². The number of nitrogens with one attached hydrogen (secondary N) is 1. The van der Waals surface area contributed by atoms with Crippen molar-refractivity contribution in [2.75, 3.05) is 20.8 Å². The van der Waals surface area contributed by atoms with Gasteiger partial charge in [0.1, 0.15) is 11.5 Å². The Balaban J connectivity index is 3.22. The maximum atomic E-state index is 5.56. The minimum Gasteiger partial charge on any atom is -0.496 e. The van der Waals surface area contributed by atoms with Crippen LogP contribution in [0.5, 0.6) is 11.5 Å². The highest BCUT2D eigenvalue weighted by molar-refractivity contribution is 9.10. The van der Waals surface area contributed by atoms with Gasteiger partial charge in [-0.05, 0) is 46.9 Å². The molecule has 2 unspecified atom stereocenters. The molecule has 0 saturated carbocycles. The van der Waals surface area contributed by atoms with Crippen LogP contribution in [-0.4, -0.2) is 20.8 Å². The van der Waals surface area contributed by atoms with Gasteiger partial charge in [0.2, 0.25) is 0 Å². The maximum absolute atomic E-state index is 5.56. The summed E-state index contributed by atoms with van der Waals surface area (Å²) in [5, 5.41) is 3.58. The average molecular weight is 344 g/mol. The van der Waals surface area contributed by atoms with E-state index in [0.29, 0.717) is 5.92 Å². The van der Waals surface area contributed by atoms with E-state index in [0.717, 1.165) is 28.1 Å². The fourth-order valence-electron chi connectivity index (χ4n) is 2.59. The topological polar surface area (TPSA) is 30.5 Å². The Morgan fingerprint density at radius 1 is 1.15 bits per heavy atom. The lowest BCUT2D eigenvalue weighted by Gasteiger charge is -2.27. The normalized spacial score (nSPS) is 13.9. The Bertz CT molecular complexity index is 423. The fraction of sp³-hybridized carbons (Fsp3) is 0.625. The Morgan fingerprint density at radius 3 is 2.30 bits per heavy atom. The predicted octanol–water partition coefficient (Wildman–Crippen LogP) is 4.55. The van der Waals surface area contributed by atoms with Crippen molar-refractivity contribution in [2.45, 2.75) is 39.7 Å². The van der Waals surface area contributed by atoms with Crippen molar-refractivity contribution in [3.63, 3.8) is 0 Å². The van der Waals surface area contributed by atoms with Crippen LogP contribution in [0.25, 0.3) is 0 Å². The molecule has 114 valence electrons. The predicted molar refractivity (Wildman–Crippen MR) is 87.7 cm³/mol. The molecule has 0 aliphatic rings. The summed E-state index contributed by atoms with van der Waals surface area (Å²) in [7, 11) is 3.40. The van der Waals surface area contributed by atoms with Crippen molar-refractivity contribution in [3.05, 3.63) is 22.2 Å². The quantitative estimate of drug-likeness (QED) is 0.750. The number of hydrogen-bond acceptors (Lipinski definition) is 3. The smallest absolute Gasteiger partial charge is 0.133 e. The zero-order valence-electron chi connectivity index (χ0n) is 13.1. The second-order valence-corrected chi connectivity index (χ2v) is 5.88. The van der Waals surface area contributed by atoms with Crippen LogP contribution in [-0.2, 0) is 0 Å². The van der Waals surface area contributed by atoms with Crippen LogP contribution in [0.15, 0.2) is 16.6 Å². The summed E-state index contributed by atoms with van der Waals surface area (Å²) in [5.41, 5.74) is 1.16. The molecule has 1 aromatic carbocycles. The summed E-state index contributed by atoms with van der Waals surface area (Å²) in [6, 6.07) is 4.33. The van der Waals surface area contributed by atoms with E-state index in [9.17, 15) is 0 Å². The van der Waals surface area contributed by atoms with Gasteiger partial charge in [0.25, 0.3) is 0 Å². The summed E-state index contributed by atoms with van der Waals surface area (Å²) >= 11 is 3.51. The van der Waals surface area contributed by atoms with Gasteiger partial charge >= 0.3 is 0 Å². The van der Waals surface area contributed by atoms with Crippen LogP contribution in [0.4, 0.5) is 0 Å². The van der Waals surface area contributed by atoms with Crippen LogP contribution in [0.1, 0.15) is 45.2 Å². The van der Waals surface area contributed by atoms with Crippen LogP contribution < -0.4 is 14.8 Å². The van der Waals surface area contributed by atoms with E-state index in [1.807, 2.05) is 6.07 Å². The second-order valence-electron chi connectivity index (χ2n) is 5.03. The molecule has 3 nitrogen and oxygen atoms in total. The second kappa shape index (κ2) is 8.53. The van der Waals surface area contributed by atoms with E-state index in [4.69, 9.17) is 9.47 Å². The van der Waals surface area contributed by atoms with Gasteiger partial charge in [0.05, 0.1) is 18.7 Å². The van der Waals surface area contributed by atoms with E-state index in [1.165, 1.54) is 12.8 Å². The van der Waals surface area contributed by atoms with Gasteiger partial charge < -0.3 is 14.8 Å². The third-order valence-electron chi connectivity index (χ3n) is 3.58. The number of rotatable bonds is 8. The molecule has 4 heteroatoms. The van der Waals surface area contributed by atoms with Crippen molar-refractivity contribution >= 4 is 15.9 Å². The largest absolute Gasteiger partial charge is 0.496 e. The minimum atomic E-state index is 0.275. The molecule has 2 atom stereocenters. The van der Waals surface area contributed by atoms with Crippen molar-refractivity contribution in [3.8, 4) is 11.5 Å². The van der Waals surface area contributed by atoms with E-state index in [1.54, 1.807) is 14.2 Å². The van der Waals surface area contributed by atoms with Gasteiger partial charge in [-0.1, -0.05) is 27.2 Å².